The van der Waals surface area contributed by atoms with Gasteiger partial charge < -0.3 is 0 Å². The minimum absolute atomic E-state index is 0.0206. The van der Waals surface area contributed by atoms with Crippen LogP contribution >= 0.6 is 0 Å². The third-order valence-electron chi connectivity index (χ3n) is 2.43. The Hall–Kier alpha value is -1.71. The van der Waals surface area contributed by atoms with Crippen LogP contribution in [0.4, 0.5) is 0 Å². The van der Waals surface area contributed by atoms with Gasteiger partial charge >= 0.3 is 0 Å². The van der Waals surface area contributed by atoms with E-state index in [9.17, 15) is 4.79 Å². The van der Waals surface area contributed by atoms with E-state index in [2.05, 4.69) is 17.0 Å². The van der Waals surface area contributed by atoms with Crippen LogP contribution in [0.25, 0.3) is 0 Å². The van der Waals surface area contributed by atoms with Crippen molar-refractivity contribution in [1.82, 2.24) is 9.99 Å². The molecule has 0 bridgehead atoms. The summed E-state index contributed by atoms with van der Waals surface area (Å²) in [5.41, 5.74) is 1.75. The first-order valence-electron chi connectivity index (χ1n) is 4.96. The van der Waals surface area contributed by atoms with Gasteiger partial charge in [-0.15, -0.1) is 0 Å². The van der Waals surface area contributed by atoms with Gasteiger partial charge in [-0.1, -0.05) is 13.0 Å². The van der Waals surface area contributed by atoms with Crippen molar-refractivity contribution in [1.29, 1.82) is 0 Å². The fourth-order valence-electron chi connectivity index (χ4n) is 1.63. The summed E-state index contributed by atoms with van der Waals surface area (Å²) in [6.07, 6.45) is 1.74. The zero-order chi connectivity index (χ0) is 10.8. The van der Waals surface area contributed by atoms with Crippen molar-refractivity contribution >= 4 is 11.6 Å². The highest BCUT2D eigenvalue weighted by Crippen LogP contribution is 2.17. The third kappa shape index (κ3) is 1.88. The number of aromatic nitrogens is 1. The Morgan fingerprint density at radius 2 is 2.33 bits per heavy atom. The molecule has 4 heteroatoms. The minimum Gasteiger partial charge on any atom is -0.273 e. The van der Waals surface area contributed by atoms with E-state index < -0.39 is 0 Å². The van der Waals surface area contributed by atoms with E-state index in [1.54, 1.807) is 6.20 Å². The molecule has 0 unspecified atom stereocenters. The monoisotopic (exact) mass is 203 g/mol. The summed E-state index contributed by atoms with van der Waals surface area (Å²) in [6, 6.07) is 5.71. The second kappa shape index (κ2) is 3.81. The van der Waals surface area contributed by atoms with Crippen molar-refractivity contribution in [2.24, 2.45) is 11.0 Å². The number of pyridine rings is 1. The summed E-state index contributed by atoms with van der Waals surface area (Å²) in [4.78, 5) is 15.4. The number of hydrogen-bond acceptors (Lipinski definition) is 3. The average Bonchev–Trinajstić information content (AvgIpc) is 2.62. The Labute approximate surface area is 88.6 Å². The maximum absolute atomic E-state index is 11.2. The lowest BCUT2D eigenvalue weighted by atomic mass is 10.0. The maximum Gasteiger partial charge on any atom is 0.239 e. The summed E-state index contributed by atoms with van der Waals surface area (Å²) < 4.78 is 0. The Morgan fingerprint density at radius 3 is 2.87 bits per heavy atom. The summed E-state index contributed by atoms with van der Waals surface area (Å²) in [7, 11) is 0. The summed E-state index contributed by atoms with van der Waals surface area (Å²) in [5, 5.41) is 5.77. The zero-order valence-corrected chi connectivity index (χ0v) is 8.84. The number of rotatable bonds is 1. The molecule has 0 saturated carbocycles. The largest absolute Gasteiger partial charge is 0.273 e. The van der Waals surface area contributed by atoms with Crippen LogP contribution in [0.3, 0.4) is 0 Å². The van der Waals surface area contributed by atoms with Gasteiger partial charge in [0, 0.05) is 19.0 Å². The summed E-state index contributed by atoms with van der Waals surface area (Å²) in [6.45, 7) is 4.23. The first-order valence-corrected chi connectivity index (χ1v) is 4.96. The average molecular weight is 203 g/mol. The molecule has 0 aliphatic carbocycles. The van der Waals surface area contributed by atoms with E-state index in [0.29, 0.717) is 6.54 Å². The highest BCUT2D eigenvalue weighted by molar-refractivity contribution is 6.02. The second-order valence-electron chi connectivity index (χ2n) is 3.70. The number of nitrogens with zero attached hydrogens (tertiary/aromatic N) is 3. The molecule has 0 N–H and O–H groups in total. The molecule has 0 spiro atoms. The normalized spacial score (nSPS) is 20.3. The Morgan fingerprint density at radius 1 is 1.53 bits per heavy atom. The lowest BCUT2D eigenvalue weighted by Crippen LogP contribution is -2.22. The highest BCUT2D eigenvalue weighted by atomic mass is 16.2. The van der Waals surface area contributed by atoms with Gasteiger partial charge in [0.25, 0.3) is 0 Å². The summed E-state index contributed by atoms with van der Waals surface area (Å²) in [5.74, 6) is 0.233. The first kappa shape index (κ1) is 9.83. The van der Waals surface area contributed by atoms with E-state index in [1.807, 2.05) is 18.2 Å². The fraction of sp³-hybridized carbons (Fsp3) is 0.364. The molecule has 4 nitrogen and oxygen atoms in total. The van der Waals surface area contributed by atoms with E-state index in [-0.39, 0.29) is 11.8 Å². The molecule has 78 valence electrons. The predicted octanol–water partition coefficient (Wildman–Crippen LogP) is 1.28. The van der Waals surface area contributed by atoms with Crippen LogP contribution in [0.1, 0.15) is 19.5 Å². The number of amides is 1. The molecule has 0 saturated heterocycles. The van der Waals surface area contributed by atoms with E-state index in [0.717, 1.165) is 11.4 Å². The first-order chi connectivity index (χ1) is 7.18. The molecule has 0 fully saturated rings. The number of carbonyl (C=O) groups excluding carboxylic acids is 1. The molecule has 2 rings (SSSR count). The van der Waals surface area contributed by atoms with Crippen LogP contribution in [-0.2, 0) is 4.79 Å². The van der Waals surface area contributed by atoms with Crippen LogP contribution < -0.4 is 0 Å². The van der Waals surface area contributed by atoms with Crippen molar-refractivity contribution in [3.8, 4) is 0 Å². The number of carbonyl (C=O) groups is 1. The molecule has 1 aromatic rings. The van der Waals surface area contributed by atoms with Crippen LogP contribution in [0.5, 0.6) is 0 Å². The lowest BCUT2D eigenvalue weighted by Gasteiger charge is -2.07. The Kier molecular flexibility index (Phi) is 2.49. The van der Waals surface area contributed by atoms with Gasteiger partial charge in [0.15, 0.2) is 0 Å². The van der Waals surface area contributed by atoms with Gasteiger partial charge in [-0.2, -0.15) is 5.10 Å². The Balaban J connectivity index is 2.30. The van der Waals surface area contributed by atoms with Crippen molar-refractivity contribution in [2.45, 2.75) is 13.8 Å². The standard InChI is InChI=1S/C11H13N3O/c1-8-7-14(9(2)15)13-11(8)10-5-3-4-6-12-10/h3-6,8H,7H2,1-2H3/t8-/m0/s1. The van der Waals surface area contributed by atoms with Gasteiger partial charge in [-0.3, -0.25) is 9.78 Å². The van der Waals surface area contributed by atoms with Gasteiger partial charge in [-0.25, -0.2) is 5.01 Å². The third-order valence-corrected chi connectivity index (χ3v) is 2.43. The molecular formula is C11H13N3O. The Bertz CT molecular complexity index is 400. The van der Waals surface area contributed by atoms with Gasteiger partial charge in [-0.05, 0) is 12.1 Å². The van der Waals surface area contributed by atoms with Gasteiger partial charge in [0.2, 0.25) is 5.91 Å². The van der Waals surface area contributed by atoms with Crippen LogP contribution in [-0.4, -0.2) is 28.2 Å². The SMILES string of the molecule is CC(=O)N1C[C@H](C)C(c2ccccn2)=N1. The topological polar surface area (TPSA) is 45.6 Å². The van der Waals surface area contributed by atoms with Crippen LogP contribution in [0.2, 0.25) is 0 Å². The predicted molar refractivity (Wildman–Crippen MR) is 57.3 cm³/mol. The molecule has 1 aromatic heterocycles. The van der Waals surface area contributed by atoms with Crippen molar-refractivity contribution in [2.75, 3.05) is 6.54 Å². The number of hydrogen-bond donors (Lipinski definition) is 0. The molecule has 1 aliphatic rings. The molecule has 2 heterocycles. The van der Waals surface area contributed by atoms with Gasteiger partial charge in [0.05, 0.1) is 18.0 Å². The molecular weight excluding hydrogens is 190 g/mol. The minimum atomic E-state index is -0.0206. The van der Waals surface area contributed by atoms with Crippen molar-refractivity contribution in [3.63, 3.8) is 0 Å². The summed E-state index contributed by atoms with van der Waals surface area (Å²) >= 11 is 0. The van der Waals surface area contributed by atoms with Crippen LogP contribution in [0.15, 0.2) is 29.5 Å². The molecule has 1 aliphatic heterocycles. The van der Waals surface area contributed by atoms with E-state index in [1.165, 1.54) is 11.9 Å². The van der Waals surface area contributed by atoms with Crippen LogP contribution in [0, 0.1) is 5.92 Å². The maximum atomic E-state index is 11.2. The lowest BCUT2D eigenvalue weighted by molar-refractivity contribution is -0.128. The van der Waals surface area contributed by atoms with Crippen molar-refractivity contribution < 1.29 is 4.79 Å². The second-order valence-corrected chi connectivity index (χ2v) is 3.70. The van der Waals surface area contributed by atoms with E-state index in [4.69, 9.17) is 0 Å². The number of hydrazone groups is 1. The molecule has 1 amide bonds. The molecule has 0 aromatic carbocycles. The van der Waals surface area contributed by atoms with E-state index >= 15 is 0 Å². The molecule has 15 heavy (non-hydrogen) atoms. The molecule has 0 radical (unpaired) electrons. The zero-order valence-electron chi connectivity index (χ0n) is 8.84. The van der Waals surface area contributed by atoms with Crippen molar-refractivity contribution in [3.05, 3.63) is 30.1 Å². The van der Waals surface area contributed by atoms with Gasteiger partial charge in [0.1, 0.15) is 0 Å². The quantitative estimate of drug-likeness (QED) is 0.690. The molecule has 1 atom stereocenters. The highest BCUT2D eigenvalue weighted by Gasteiger charge is 2.26. The fourth-order valence-corrected chi connectivity index (χ4v) is 1.63. The smallest absolute Gasteiger partial charge is 0.239 e.